The third kappa shape index (κ3) is 2.97. The van der Waals surface area contributed by atoms with E-state index in [-0.39, 0.29) is 0 Å². The Morgan fingerprint density at radius 2 is 2.28 bits per heavy atom. The van der Waals surface area contributed by atoms with E-state index in [9.17, 15) is 0 Å². The average Bonchev–Trinajstić information content (AvgIpc) is 2.38. The zero-order valence-corrected chi connectivity index (χ0v) is 11.9. The molecule has 18 heavy (non-hydrogen) atoms. The van der Waals surface area contributed by atoms with Crippen molar-refractivity contribution in [3.63, 3.8) is 0 Å². The number of fused-ring (bicyclic) bond motifs is 1. The van der Waals surface area contributed by atoms with Gasteiger partial charge in [-0.15, -0.1) is 0 Å². The lowest BCUT2D eigenvalue weighted by Crippen LogP contribution is -2.22. The molecule has 3 N–H and O–H groups in total. The molecule has 2 aromatic rings. The van der Waals surface area contributed by atoms with Gasteiger partial charge in [0.15, 0.2) is 0 Å². The van der Waals surface area contributed by atoms with Crippen LogP contribution in [0.1, 0.15) is 19.8 Å². The molecule has 0 aliphatic rings. The second-order valence-electron chi connectivity index (χ2n) is 4.21. The van der Waals surface area contributed by atoms with Crippen molar-refractivity contribution in [3.05, 3.63) is 29.0 Å². The molecule has 4 nitrogen and oxygen atoms in total. The highest BCUT2D eigenvalue weighted by atomic mass is 79.9. The van der Waals surface area contributed by atoms with Crippen LogP contribution in [0.5, 0.6) is 0 Å². The van der Waals surface area contributed by atoms with Gasteiger partial charge in [-0.25, -0.2) is 0 Å². The third-order valence-corrected chi connectivity index (χ3v) is 3.35. The maximum atomic E-state index is 5.62. The Hall–Kier alpha value is -1.20. The number of pyridine rings is 2. The van der Waals surface area contributed by atoms with Crippen molar-refractivity contribution in [2.45, 2.75) is 25.8 Å². The summed E-state index contributed by atoms with van der Waals surface area (Å²) >= 11 is 3.41. The minimum Gasteiger partial charge on any atom is -0.380 e. The van der Waals surface area contributed by atoms with Crippen LogP contribution in [-0.2, 0) is 0 Å². The first kappa shape index (κ1) is 13.2. The fraction of sp³-hybridized carbons (Fsp3) is 0.385. The van der Waals surface area contributed by atoms with Gasteiger partial charge in [0.2, 0.25) is 0 Å². The molecule has 0 fully saturated rings. The monoisotopic (exact) mass is 308 g/mol. The first-order chi connectivity index (χ1) is 8.74. The summed E-state index contributed by atoms with van der Waals surface area (Å²) in [5.41, 5.74) is 8.42. The first-order valence-electron chi connectivity index (χ1n) is 6.11. The van der Waals surface area contributed by atoms with Gasteiger partial charge in [-0.2, -0.15) is 0 Å². The lowest BCUT2D eigenvalue weighted by atomic mass is 10.1. The second-order valence-corrected chi connectivity index (χ2v) is 5.12. The SMILES string of the molecule is CCC(CCN)Nc1ccnc2cc(Br)cnc12. The smallest absolute Gasteiger partial charge is 0.112 e. The van der Waals surface area contributed by atoms with Crippen LogP contribution in [0.25, 0.3) is 11.0 Å². The Balaban J connectivity index is 2.32. The number of nitrogens with two attached hydrogens (primary N) is 1. The molecule has 1 atom stereocenters. The van der Waals surface area contributed by atoms with E-state index >= 15 is 0 Å². The molecule has 2 heterocycles. The molecular formula is C13H17BrN4. The van der Waals surface area contributed by atoms with Gasteiger partial charge < -0.3 is 11.1 Å². The molecular weight excluding hydrogens is 292 g/mol. The number of rotatable bonds is 5. The van der Waals surface area contributed by atoms with E-state index in [1.807, 2.05) is 12.1 Å². The Labute approximate surface area is 115 Å². The quantitative estimate of drug-likeness (QED) is 0.891. The minimum atomic E-state index is 0.381. The van der Waals surface area contributed by atoms with Crippen molar-refractivity contribution in [1.29, 1.82) is 0 Å². The van der Waals surface area contributed by atoms with Crippen molar-refractivity contribution >= 4 is 32.7 Å². The van der Waals surface area contributed by atoms with Crippen molar-refractivity contribution < 1.29 is 0 Å². The summed E-state index contributed by atoms with van der Waals surface area (Å²) in [4.78, 5) is 8.75. The molecule has 0 aromatic carbocycles. The standard InChI is InChI=1S/C13H17BrN4/c1-2-10(3-5-15)18-11-4-6-16-12-7-9(14)8-17-13(11)12/h4,6-8,10H,2-3,5,15H2,1H3,(H,16,18). The Morgan fingerprint density at radius 3 is 3.00 bits per heavy atom. The number of halogens is 1. The molecule has 0 radical (unpaired) electrons. The van der Waals surface area contributed by atoms with Crippen LogP contribution in [0, 0.1) is 0 Å². The number of hydrogen-bond acceptors (Lipinski definition) is 4. The maximum absolute atomic E-state index is 5.62. The highest BCUT2D eigenvalue weighted by molar-refractivity contribution is 9.10. The van der Waals surface area contributed by atoms with E-state index in [4.69, 9.17) is 5.73 Å². The van der Waals surface area contributed by atoms with Crippen LogP contribution in [-0.4, -0.2) is 22.6 Å². The van der Waals surface area contributed by atoms with E-state index in [1.165, 1.54) is 0 Å². The van der Waals surface area contributed by atoms with Crippen LogP contribution in [0.4, 0.5) is 5.69 Å². The molecule has 0 aliphatic carbocycles. The zero-order valence-electron chi connectivity index (χ0n) is 10.4. The maximum Gasteiger partial charge on any atom is 0.112 e. The van der Waals surface area contributed by atoms with Gasteiger partial charge in [-0.3, -0.25) is 9.97 Å². The largest absolute Gasteiger partial charge is 0.380 e. The molecule has 0 spiro atoms. The number of aromatic nitrogens is 2. The van der Waals surface area contributed by atoms with Gasteiger partial charge in [0.05, 0.1) is 11.2 Å². The number of nitrogens with one attached hydrogen (secondary N) is 1. The van der Waals surface area contributed by atoms with Crippen molar-refractivity contribution in [1.82, 2.24) is 9.97 Å². The van der Waals surface area contributed by atoms with E-state index in [1.54, 1.807) is 12.4 Å². The number of anilines is 1. The normalized spacial score (nSPS) is 12.6. The average molecular weight is 309 g/mol. The van der Waals surface area contributed by atoms with E-state index in [0.29, 0.717) is 12.6 Å². The predicted molar refractivity (Wildman–Crippen MR) is 78.6 cm³/mol. The molecule has 0 aliphatic heterocycles. The second kappa shape index (κ2) is 6.11. The molecule has 96 valence electrons. The van der Waals surface area contributed by atoms with Gasteiger partial charge in [0.1, 0.15) is 5.52 Å². The molecule has 2 rings (SSSR count). The summed E-state index contributed by atoms with van der Waals surface area (Å²) in [6, 6.07) is 4.31. The summed E-state index contributed by atoms with van der Waals surface area (Å²) in [7, 11) is 0. The third-order valence-electron chi connectivity index (χ3n) is 2.91. The van der Waals surface area contributed by atoms with Gasteiger partial charge in [0, 0.05) is 22.9 Å². The first-order valence-corrected chi connectivity index (χ1v) is 6.90. The van der Waals surface area contributed by atoms with Crippen molar-refractivity contribution in [2.24, 2.45) is 5.73 Å². The van der Waals surface area contributed by atoms with Gasteiger partial charge in [-0.05, 0) is 47.4 Å². The molecule has 0 saturated carbocycles. The van der Waals surface area contributed by atoms with Gasteiger partial charge in [0.25, 0.3) is 0 Å². The molecule has 0 saturated heterocycles. The molecule has 5 heteroatoms. The van der Waals surface area contributed by atoms with E-state index in [2.05, 4.69) is 38.1 Å². The van der Waals surface area contributed by atoms with E-state index in [0.717, 1.165) is 34.0 Å². The zero-order chi connectivity index (χ0) is 13.0. The van der Waals surface area contributed by atoms with Crippen molar-refractivity contribution in [2.75, 3.05) is 11.9 Å². The van der Waals surface area contributed by atoms with Gasteiger partial charge in [-0.1, -0.05) is 6.92 Å². The minimum absolute atomic E-state index is 0.381. The summed E-state index contributed by atoms with van der Waals surface area (Å²) < 4.78 is 0.939. The highest BCUT2D eigenvalue weighted by Crippen LogP contribution is 2.23. The predicted octanol–water partition coefficient (Wildman–Crippen LogP) is 2.93. The lowest BCUT2D eigenvalue weighted by Gasteiger charge is -2.18. The summed E-state index contributed by atoms with van der Waals surface area (Å²) in [5.74, 6) is 0. The van der Waals surface area contributed by atoms with Crippen LogP contribution in [0.15, 0.2) is 29.0 Å². The number of nitrogens with zero attached hydrogens (tertiary/aromatic N) is 2. The van der Waals surface area contributed by atoms with Crippen LogP contribution < -0.4 is 11.1 Å². The topological polar surface area (TPSA) is 63.8 Å². The Morgan fingerprint density at radius 1 is 1.44 bits per heavy atom. The molecule has 2 aromatic heterocycles. The van der Waals surface area contributed by atoms with Crippen LogP contribution in [0.2, 0.25) is 0 Å². The summed E-state index contributed by atoms with van der Waals surface area (Å²) in [6.07, 6.45) is 5.58. The molecule has 0 amide bonds. The highest BCUT2D eigenvalue weighted by Gasteiger charge is 2.09. The lowest BCUT2D eigenvalue weighted by molar-refractivity contribution is 0.642. The fourth-order valence-corrected chi connectivity index (χ4v) is 2.24. The van der Waals surface area contributed by atoms with Crippen LogP contribution >= 0.6 is 15.9 Å². The summed E-state index contributed by atoms with van der Waals surface area (Å²) in [6.45, 7) is 2.84. The Bertz CT molecular complexity index is 529. The van der Waals surface area contributed by atoms with Gasteiger partial charge >= 0.3 is 0 Å². The Kier molecular flexibility index (Phi) is 4.49. The molecule has 0 bridgehead atoms. The number of hydrogen-bond donors (Lipinski definition) is 2. The van der Waals surface area contributed by atoms with Crippen LogP contribution in [0.3, 0.4) is 0 Å². The fourth-order valence-electron chi connectivity index (χ4n) is 1.92. The van der Waals surface area contributed by atoms with E-state index < -0.39 is 0 Å². The van der Waals surface area contributed by atoms with Crippen molar-refractivity contribution in [3.8, 4) is 0 Å². The summed E-state index contributed by atoms with van der Waals surface area (Å²) in [5, 5.41) is 3.49. The molecule has 1 unspecified atom stereocenters.